The van der Waals surface area contributed by atoms with Gasteiger partial charge in [0.25, 0.3) is 5.91 Å². The molecule has 2 rings (SSSR count). The topological polar surface area (TPSA) is 56.1 Å². The van der Waals surface area contributed by atoms with E-state index < -0.39 is 0 Å². The minimum absolute atomic E-state index is 0.0923. The van der Waals surface area contributed by atoms with Crippen molar-refractivity contribution in [2.24, 2.45) is 5.92 Å². The van der Waals surface area contributed by atoms with Gasteiger partial charge in [0.2, 0.25) is 0 Å². The molecule has 0 spiro atoms. The summed E-state index contributed by atoms with van der Waals surface area (Å²) in [6.07, 6.45) is 2.36. The molecule has 1 aromatic carbocycles. The van der Waals surface area contributed by atoms with Gasteiger partial charge in [-0.3, -0.25) is 4.79 Å². The van der Waals surface area contributed by atoms with E-state index >= 15 is 0 Å². The lowest BCUT2D eigenvalue weighted by molar-refractivity contribution is 0.0937. The summed E-state index contributed by atoms with van der Waals surface area (Å²) in [5, 5.41) is 11.8. The molecule has 0 radical (unpaired) electrons. The molecule has 1 fully saturated rings. The highest BCUT2D eigenvalue weighted by atomic mass is 16.1. The fraction of sp³-hybridized carbons (Fsp3) is 0.467. The van der Waals surface area contributed by atoms with Gasteiger partial charge in [-0.25, -0.2) is 0 Å². The molecule has 1 N–H and O–H groups in total. The number of hydrogen-bond acceptors (Lipinski definition) is 3. The predicted molar refractivity (Wildman–Crippen MR) is 73.7 cm³/mol. The number of carbonyl (C=O) groups excluding carboxylic acids is 1. The summed E-state index contributed by atoms with van der Waals surface area (Å²) >= 11 is 0. The van der Waals surface area contributed by atoms with Gasteiger partial charge in [-0.2, -0.15) is 5.26 Å². The van der Waals surface area contributed by atoms with Crippen molar-refractivity contribution < 1.29 is 4.79 Å². The largest absolute Gasteiger partial charge is 0.352 e. The highest BCUT2D eigenvalue weighted by Crippen LogP contribution is 2.14. The Morgan fingerprint density at radius 3 is 3.16 bits per heavy atom. The lowest BCUT2D eigenvalue weighted by Gasteiger charge is -2.29. The van der Waals surface area contributed by atoms with Crippen LogP contribution >= 0.6 is 0 Å². The molecule has 1 aliphatic rings. The van der Waals surface area contributed by atoms with Crippen LogP contribution in [-0.2, 0) is 0 Å². The number of hydrogen-bond donors (Lipinski definition) is 1. The Labute approximate surface area is 114 Å². The Morgan fingerprint density at radius 1 is 1.58 bits per heavy atom. The maximum Gasteiger partial charge on any atom is 0.251 e. The van der Waals surface area contributed by atoms with Gasteiger partial charge in [-0.15, -0.1) is 0 Å². The first kappa shape index (κ1) is 13.6. The third-order valence-electron chi connectivity index (χ3n) is 3.53. The number of nitrogens with one attached hydrogen (secondary N) is 1. The van der Waals surface area contributed by atoms with Gasteiger partial charge in [-0.1, -0.05) is 6.07 Å². The van der Waals surface area contributed by atoms with E-state index in [9.17, 15) is 4.79 Å². The Morgan fingerprint density at radius 2 is 2.42 bits per heavy atom. The molecule has 4 heteroatoms. The molecule has 1 saturated heterocycles. The number of carbonyl (C=O) groups is 1. The van der Waals surface area contributed by atoms with Crippen LogP contribution in [0, 0.1) is 17.2 Å². The lowest BCUT2D eigenvalue weighted by atomic mass is 9.98. The highest BCUT2D eigenvalue weighted by molar-refractivity contribution is 5.94. The molecule has 1 aliphatic heterocycles. The van der Waals surface area contributed by atoms with Gasteiger partial charge in [-0.05, 0) is 50.6 Å². The quantitative estimate of drug-likeness (QED) is 0.895. The van der Waals surface area contributed by atoms with E-state index in [1.54, 1.807) is 24.3 Å². The standard InChI is InChI=1S/C15H19N3O/c1-18-7-3-5-13(11-18)10-17-15(19)14-6-2-4-12(8-14)9-16/h2,4,6,8,13H,3,5,7,10-11H2,1H3,(H,17,19). The third-order valence-corrected chi connectivity index (χ3v) is 3.53. The first-order valence-corrected chi connectivity index (χ1v) is 6.66. The summed E-state index contributed by atoms with van der Waals surface area (Å²) in [6.45, 7) is 2.90. The second-order valence-electron chi connectivity index (χ2n) is 5.17. The number of amides is 1. The molecule has 1 unspecified atom stereocenters. The Bertz CT molecular complexity index is 492. The number of benzene rings is 1. The van der Waals surface area contributed by atoms with Crippen LogP contribution in [0.2, 0.25) is 0 Å². The van der Waals surface area contributed by atoms with Crippen LogP contribution < -0.4 is 5.32 Å². The Hall–Kier alpha value is -1.86. The molecular formula is C15H19N3O. The average molecular weight is 257 g/mol. The molecule has 0 aliphatic carbocycles. The van der Waals surface area contributed by atoms with E-state index in [0.717, 1.165) is 13.1 Å². The molecule has 0 saturated carbocycles. The number of nitriles is 1. The number of nitrogens with zero attached hydrogens (tertiary/aromatic N) is 2. The van der Waals surface area contributed by atoms with Crippen LogP contribution in [0.25, 0.3) is 0 Å². The van der Waals surface area contributed by atoms with Gasteiger partial charge in [0.05, 0.1) is 11.6 Å². The van der Waals surface area contributed by atoms with Gasteiger partial charge in [0.15, 0.2) is 0 Å². The summed E-state index contributed by atoms with van der Waals surface area (Å²) in [5.41, 5.74) is 1.08. The van der Waals surface area contributed by atoms with Gasteiger partial charge in [0, 0.05) is 18.7 Å². The molecule has 1 aromatic rings. The van der Waals surface area contributed by atoms with Crippen LogP contribution in [0.1, 0.15) is 28.8 Å². The third kappa shape index (κ3) is 3.80. The molecule has 1 heterocycles. The van der Waals surface area contributed by atoms with E-state index in [2.05, 4.69) is 17.3 Å². The Balaban J connectivity index is 1.88. The van der Waals surface area contributed by atoms with Crippen LogP contribution in [0.3, 0.4) is 0 Å². The summed E-state index contributed by atoms with van der Waals surface area (Å²) in [6, 6.07) is 8.85. The normalized spacial score (nSPS) is 19.7. The first-order chi connectivity index (χ1) is 9.19. The zero-order valence-corrected chi connectivity index (χ0v) is 11.2. The van der Waals surface area contributed by atoms with Crippen LogP contribution in [-0.4, -0.2) is 37.5 Å². The molecule has 100 valence electrons. The first-order valence-electron chi connectivity index (χ1n) is 6.66. The minimum atomic E-state index is -0.0923. The fourth-order valence-corrected chi connectivity index (χ4v) is 2.51. The van der Waals surface area contributed by atoms with Crippen molar-refractivity contribution in [2.45, 2.75) is 12.8 Å². The summed E-state index contributed by atoms with van der Waals surface area (Å²) < 4.78 is 0. The van der Waals surface area contributed by atoms with Gasteiger partial charge < -0.3 is 10.2 Å². The second-order valence-corrected chi connectivity index (χ2v) is 5.17. The maximum absolute atomic E-state index is 12.0. The molecular weight excluding hydrogens is 238 g/mol. The van der Waals surface area contributed by atoms with Crippen molar-refractivity contribution in [3.8, 4) is 6.07 Å². The van der Waals surface area contributed by atoms with Gasteiger partial charge >= 0.3 is 0 Å². The minimum Gasteiger partial charge on any atom is -0.352 e. The van der Waals surface area contributed by atoms with E-state index in [4.69, 9.17) is 5.26 Å². The van der Waals surface area contributed by atoms with E-state index in [0.29, 0.717) is 23.6 Å². The molecule has 0 aromatic heterocycles. The molecule has 4 nitrogen and oxygen atoms in total. The van der Waals surface area contributed by atoms with Crippen molar-refractivity contribution in [2.75, 3.05) is 26.7 Å². The van der Waals surface area contributed by atoms with Crippen LogP contribution in [0.4, 0.5) is 0 Å². The van der Waals surface area contributed by atoms with Crippen molar-refractivity contribution in [1.82, 2.24) is 10.2 Å². The van der Waals surface area contributed by atoms with E-state index in [-0.39, 0.29) is 5.91 Å². The SMILES string of the molecule is CN1CCCC(CNC(=O)c2cccc(C#N)c2)C1. The maximum atomic E-state index is 12.0. The molecule has 19 heavy (non-hydrogen) atoms. The predicted octanol–water partition coefficient (Wildman–Crippen LogP) is 1.63. The zero-order chi connectivity index (χ0) is 13.7. The molecule has 1 amide bonds. The fourth-order valence-electron chi connectivity index (χ4n) is 2.51. The summed E-state index contributed by atoms with van der Waals surface area (Å²) in [7, 11) is 2.12. The van der Waals surface area contributed by atoms with Crippen LogP contribution in [0.15, 0.2) is 24.3 Å². The molecule has 0 bridgehead atoms. The smallest absolute Gasteiger partial charge is 0.251 e. The number of rotatable bonds is 3. The van der Waals surface area contributed by atoms with Crippen molar-refractivity contribution >= 4 is 5.91 Å². The second kappa shape index (κ2) is 6.35. The highest BCUT2D eigenvalue weighted by Gasteiger charge is 2.18. The van der Waals surface area contributed by atoms with E-state index in [1.165, 1.54) is 12.8 Å². The van der Waals surface area contributed by atoms with E-state index in [1.807, 2.05) is 6.07 Å². The van der Waals surface area contributed by atoms with Crippen molar-refractivity contribution in [1.29, 1.82) is 5.26 Å². The van der Waals surface area contributed by atoms with Crippen molar-refractivity contribution in [3.63, 3.8) is 0 Å². The molecule has 1 atom stereocenters. The summed E-state index contributed by atoms with van der Waals surface area (Å²) in [5.74, 6) is 0.437. The Kier molecular flexibility index (Phi) is 4.53. The monoisotopic (exact) mass is 257 g/mol. The summed E-state index contributed by atoms with van der Waals surface area (Å²) in [4.78, 5) is 14.3. The lowest BCUT2D eigenvalue weighted by Crippen LogP contribution is -2.39. The average Bonchev–Trinajstić information content (AvgIpc) is 2.45. The van der Waals surface area contributed by atoms with Crippen LogP contribution in [0.5, 0.6) is 0 Å². The zero-order valence-electron chi connectivity index (χ0n) is 11.2. The number of piperidine rings is 1. The van der Waals surface area contributed by atoms with Gasteiger partial charge in [0.1, 0.15) is 0 Å². The number of likely N-dealkylation sites (tertiary alicyclic amines) is 1. The van der Waals surface area contributed by atoms with Crippen molar-refractivity contribution in [3.05, 3.63) is 35.4 Å².